The number of fused-ring (bicyclic) bond motifs is 1. The highest BCUT2D eigenvalue weighted by Gasteiger charge is 2.24. The van der Waals surface area contributed by atoms with Gasteiger partial charge in [0.25, 0.3) is 0 Å². The molecule has 1 N–H and O–H groups in total. The Morgan fingerprint density at radius 2 is 1.59 bits per heavy atom. The van der Waals surface area contributed by atoms with E-state index in [0.29, 0.717) is 6.04 Å². The summed E-state index contributed by atoms with van der Waals surface area (Å²) in [7, 11) is 0. The molecule has 34 heavy (non-hydrogen) atoms. The summed E-state index contributed by atoms with van der Waals surface area (Å²) in [5.74, 6) is -0.682. The molecule has 0 aromatic heterocycles. The minimum absolute atomic E-state index is 0.286. The van der Waals surface area contributed by atoms with Crippen molar-refractivity contribution in [3.05, 3.63) is 83.9 Å². The van der Waals surface area contributed by atoms with Gasteiger partial charge in [0.05, 0.1) is 0 Å². The van der Waals surface area contributed by atoms with Gasteiger partial charge in [-0.05, 0) is 73.6 Å². The molecule has 0 spiro atoms. The molecule has 180 valence electrons. The lowest BCUT2D eigenvalue weighted by Crippen LogP contribution is -2.45. The number of likely N-dealkylation sites (tertiary alicyclic amines) is 1. The minimum atomic E-state index is -0.682. The van der Waals surface area contributed by atoms with E-state index in [2.05, 4.69) is 82.6 Å². The lowest BCUT2D eigenvalue weighted by Gasteiger charge is -2.39. The lowest BCUT2D eigenvalue weighted by atomic mass is 9.99. The Labute approximate surface area is 204 Å². The highest BCUT2D eigenvalue weighted by Crippen LogP contribution is 2.23. The molecule has 1 fully saturated rings. The van der Waals surface area contributed by atoms with E-state index in [4.69, 9.17) is 5.11 Å². The van der Waals surface area contributed by atoms with Gasteiger partial charge in [-0.3, -0.25) is 14.6 Å². The summed E-state index contributed by atoms with van der Waals surface area (Å²) in [4.78, 5) is 16.1. The van der Waals surface area contributed by atoms with E-state index in [1.165, 1.54) is 34.7 Å². The second-order valence-electron chi connectivity index (χ2n) is 9.62. The van der Waals surface area contributed by atoms with Crippen LogP contribution in [0.2, 0.25) is 0 Å². The van der Waals surface area contributed by atoms with E-state index in [9.17, 15) is 4.79 Å². The molecule has 0 bridgehead atoms. The molecule has 1 aliphatic rings. The van der Waals surface area contributed by atoms with Crippen molar-refractivity contribution in [1.82, 2.24) is 9.80 Å². The van der Waals surface area contributed by atoms with Crippen LogP contribution in [0.1, 0.15) is 49.7 Å². The van der Waals surface area contributed by atoms with Crippen molar-refractivity contribution < 1.29 is 9.90 Å². The summed E-state index contributed by atoms with van der Waals surface area (Å²) in [6.07, 6.45) is 6.60. The van der Waals surface area contributed by atoms with Crippen LogP contribution in [0, 0.1) is 0 Å². The van der Waals surface area contributed by atoms with Crippen molar-refractivity contribution in [2.45, 2.75) is 57.5 Å². The van der Waals surface area contributed by atoms with E-state index < -0.39 is 5.97 Å². The first-order valence-electron chi connectivity index (χ1n) is 12.9. The molecular formula is C30H38N2O2. The molecule has 0 aliphatic carbocycles. The van der Waals surface area contributed by atoms with Crippen molar-refractivity contribution in [1.29, 1.82) is 0 Å². The highest BCUT2D eigenvalue weighted by molar-refractivity contribution is 5.85. The van der Waals surface area contributed by atoms with E-state index in [1.807, 2.05) is 0 Å². The predicted molar refractivity (Wildman–Crippen MR) is 140 cm³/mol. The van der Waals surface area contributed by atoms with E-state index >= 15 is 0 Å². The van der Waals surface area contributed by atoms with Gasteiger partial charge in [0.15, 0.2) is 0 Å². The van der Waals surface area contributed by atoms with Crippen molar-refractivity contribution in [3.63, 3.8) is 0 Å². The molecule has 0 atom stereocenters. The zero-order valence-electron chi connectivity index (χ0n) is 20.2. The second-order valence-corrected chi connectivity index (χ2v) is 9.62. The van der Waals surface area contributed by atoms with Crippen LogP contribution >= 0.6 is 0 Å². The molecule has 4 nitrogen and oxygen atoms in total. The van der Waals surface area contributed by atoms with Crippen LogP contribution < -0.4 is 0 Å². The Balaban J connectivity index is 1.35. The number of benzene rings is 3. The van der Waals surface area contributed by atoms with Crippen LogP contribution in [0.5, 0.6) is 0 Å². The zero-order chi connectivity index (χ0) is 23.6. The number of carboxylic acid groups (broad SMARTS) is 1. The van der Waals surface area contributed by atoms with Crippen LogP contribution in [-0.4, -0.2) is 53.1 Å². The average molecular weight is 459 g/mol. The van der Waals surface area contributed by atoms with Gasteiger partial charge in [0.2, 0.25) is 0 Å². The topological polar surface area (TPSA) is 43.8 Å². The molecule has 3 aromatic rings. The van der Waals surface area contributed by atoms with Gasteiger partial charge in [0, 0.05) is 25.6 Å². The number of hydrogen-bond donors (Lipinski definition) is 1. The van der Waals surface area contributed by atoms with Gasteiger partial charge in [-0.1, -0.05) is 79.2 Å². The van der Waals surface area contributed by atoms with Gasteiger partial charge < -0.3 is 5.11 Å². The minimum Gasteiger partial charge on any atom is -0.481 e. The molecule has 4 rings (SSSR count). The maximum atomic E-state index is 10.9. The monoisotopic (exact) mass is 458 g/mol. The molecule has 0 radical (unpaired) electrons. The molecule has 1 heterocycles. The van der Waals surface area contributed by atoms with E-state index in [-0.39, 0.29) is 6.42 Å². The Morgan fingerprint density at radius 1 is 0.853 bits per heavy atom. The van der Waals surface area contributed by atoms with Crippen LogP contribution in [0.15, 0.2) is 72.8 Å². The number of hydrogen-bond acceptors (Lipinski definition) is 3. The van der Waals surface area contributed by atoms with Crippen molar-refractivity contribution in [2.24, 2.45) is 0 Å². The molecular weight excluding hydrogens is 420 g/mol. The predicted octanol–water partition coefficient (Wildman–Crippen LogP) is 5.99. The fourth-order valence-corrected chi connectivity index (χ4v) is 5.30. The maximum Gasteiger partial charge on any atom is 0.303 e. The van der Waals surface area contributed by atoms with Crippen LogP contribution in [0.3, 0.4) is 0 Å². The molecule has 0 saturated carbocycles. The Hall–Kier alpha value is -2.69. The van der Waals surface area contributed by atoms with Gasteiger partial charge in [-0.2, -0.15) is 0 Å². The molecule has 0 amide bonds. The highest BCUT2D eigenvalue weighted by atomic mass is 16.4. The van der Waals surface area contributed by atoms with E-state index in [0.717, 1.165) is 58.4 Å². The third-order valence-corrected chi connectivity index (χ3v) is 7.21. The van der Waals surface area contributed by atoms with Gasteiger partial charge in [-0.15, -0.1) is 0 Å². The van der Waals surface area contributed by atoms with E-state index in [1.54, 1.807) is 0 Å². The summed E-state index contributed by atoms with van der Waals surface area (Å²) in [6.45, 7) is 5.45. The molecule has 1 aliphatic heterocycles. The maximum absolute atomic E-state index is 10.9. The second kappa shape index (κ2) is 12.7. The number of aliphatic carboxylic acids is 1. The Kier molecular flexibility index (Phi) is 9.12. The fourth-order valence-electron chi connectivity index (χ4n) is 5.30. The number of rotatable bonds is 12. The zero-order valence-corrected chi connectivity index (χ0v) is 20.2. The SMILES string of the molecule is O=C(O)CCCCCN(CCc1cccc2ccccc12)C1CCN(Cc2ccccc2)CC1. The van der Waals surface area contributed by atoms with Gasteiger partial charge >= 0.3 is 5.97 Å². The van der Waals surface area contributed by atoms with Crippen molar-refractivity contribution >= 4 is 16.7 Å². The first-order chi connectivity index (χ1) is 16.7. The smallest absolute Gasteiger partial charge is 0.303 e. The quantitative estimate of drug-likeness (QED) is 0.338. The summed E-state index contributed by atoms with van der Waals surface area (Å²) >= 11 is 0. The summed E-state index contributed by atoms with van der Waals surface area (Å²) in [5.41, 5.74) is 2.82. The van der Waals surface area contributed by atoms with Crippen LogP contribution in [0.4, 0.5) is 0 Å². The van der Waals surface area contributed by atoms with Gasteiger partial charge in [-0.25, -0.2) is 0 Å². The lowest BCUT2D eigenvalue weighted by molar-refractivity contribution is -0.137. The standard InChI is InChI=1S/C30H38N2O2/c33-30(34)16-5-2-8-20-32(23-17-27-14-9-13-26-12-6-7-15-29(26)27)28-18-21-31(22-19-28)24-25-10-3-1-4-11-25/h1,3-4,6-7,9-15,28H,2,5,8,16-24H2,(H,33,34). The number of unbranched alkanes of at least 4 members (excludes halogenated alkanes) is 2. The normalized spacial score (nSPS) is 15.2. The number of carboxylic acids is 1. The Bertz CT molecular complexity index is 1020. The third-order valence-electron chi connectivity index (χ3n) is 7.21. The fraction of sp³-hybridized carbons (Fsp3) is 0.433. The summed E-state index contributed by atoms with van der Waals surface area (Å²) in [5, 5.41) is 11.6. The average Bonchev–Trinajstić information content (AvgIpc) is 2.87. The number of piperidine rings is 1. The first-order valence-corrected chi connectivity index (χ1v) is 12.9. The summed E-state index contributed by atoms with van der Waals surface area (Å²) in [6, 6.07) is 26.7. The first kappa shape index (κ1) is 24.4. The number of carbonyl (C=O) groups is 1. The van der Waals surface area contributed by atoms with Crippen LogP contribution in [-0.2, 0) is 17.8 Å². The largest absolute Gasteiger partial charge is 0.481 e. The van der Waals surface area contributed by atoms with Crippen LogP contribution in [0.25, 0.3) is 10.8 Å². The molecule has 3 aromatic carbocycles. The third kappa shape index (κ3) is 7.15. The molecule has 4 heteroatoms. The molecule has 1 saturated heterocycles. The summed E-state index contributed by atoms with van der Waals surface area (Å²) < 4.78 is 0. The Morgan fingerprint density at radius 3 is 2.38 bits per heavy atom. The van der Waals surface area contributed by atoms with Gasteiger partial charge in [0.1, 0.15) is 0 Å². The van der Waals surface area contributed by atoms with Crippen molar-refractivity contribution in [3.8, 4) is 0 Å². The number of nitrogens with zero attached hydrogens (tertiary/aromatic N) is 2. The molecule has 0 unspecified atom stereocenters. The van der Waals surface area contributed by atoms with Crippen molar-refractivity contribution in [2.75, 3.05) is 26.2 Å².